The summed E-state index contributed by atoms with van der Waals surface area (Å²) in [5, 5.41) is 0.237. The highest BCUT2D eigenvalue weighted by molar-refractivity contribution is 8.13. The Morgan fingerprint density at radius 3 is 2.43 bits per heavy atom. The number of allylic oxidation sites excluding steroid dienone is 2. The predicted molar refractivity (Wildman–Crippen MR) is 65.6 cm³/mol. The Bertz CT molecular complexity index is 192. The highest BCUT2D eigenvalue weighted by Crippen LogP contribution is 2.15. The summed E-state index contributed by atoms with van der Waals surface area (Å²) in [6.45, 7) is 8.17. The first-order valence-corrected chi connectivity index (χ1v) is 6.27. The van der Waals surface area contributed by atoms with Gasteiger partial charge in [0.05, 0.1) is 0 Å². The molecule has 0 unspecified atom stereocenters. The average Bonchev–Trinajstić information content (AvgIpc) is 2.02. The maximum Gasteiger partial charge on any atom is 0.185 e. The fourth-order valence-electron chi connectivity index (χ4n) is 1.20. The van der Waals surface area contributed by atoms with Crippen molar-refractivity contribution in [3.8, 4) is 0 Å². The molecule has 0 amide bonds. The molecule has 0 heterocycles. The molecule has 0 N–H and O–H groups in total. The van der Waals surface area contributed by atoms with Crippen LogP contribution in [0.3, 0.4) is 0 Å². The summed E-state index contributed by atoms with van der Waals surface area (Å²) in [5.41, 5.74) is 1.40. The number of rotatable bonds is 6. The summed E-state index contributed by atoms with van der Waals surface area (Å²) in [6.07, 6.45) is 5.85. The number of hydrogen-bond acceptors (Lipinski definition) is 2. The molecule has 0 spiro atoms. The van der Waals surface area contributed by atoms with E-state index in [4.69, 9.17) is 0 Å². The highest BCUT2D eigenvalue weighted by atomic mass is 32.2. The second kappa shape index (κ2) is 8.10. The molecule has 0 aromatic heterocycles. The molecule has 0 fully saturated rings. The van der Waals surface area contributed by atoms with E-state index in [1.54, 1.807) is 6.92 Å². The van der Waals surface area contributed by atoms with Crippen LogP contribution in [-0.4, -0.2) is 10.9 Å². The Morgan fingerprint density at radius 1 is 1.29 bits per heavy atom. The third-order valence-electron chi connectivity index (χ3n) is 2.13. The Morgan fingerprint density at radius 2 is 1.93 bits per heavy atom. The molecule has 0 aliphatic carbocycles. The second-order valence-electron chi connectivity index (χ2n) is 4.09. The van der Waals surface area contributed by atoms with Gasteiger partial charge in [-0.25, -0.2) is 0 Å². The molecule has 0 aromatic rings. The number of thioether (sulfide) groups is 1. The van der Waals surface area contributed by atoms with Crippen molar-refractivity contribution in [3.05, 3.63) is 11.6 Å². The van der Waals surface area contributed by atoms with Crippen molar-refractivity contribution >= 4 is 16.9 Å². The van der Waals surface area contributed by atoms with E-state index in [1.165, 1.54) is 30.2 Å². The lowest BCUT2D eigenvalue weighted by molar-refractivity contribution is -0.109. The van der Waals surface area contributed by atoms with Gasteiger partial charge in [-0.1, -0.05) is 30.3 Å². The molecule has 0 aromatic carbocycles. The summed E-state index contributed by atoms with van der Waals surface area (Å²) < 4.78 is 0. The summed E-state index contributed by atoms with van der Waals surface area (Å²) >= 11 is 1.45. The normalized spacial score (nSPS) is 12.3. The Labute approximate surface area is 92.3 Å². The largest absolute Gasteiger partial charge is 0.288 e. The van der Waals surface area contributed by atoms with Gasteiger partial charge in [-0.15, -0.1) is 0 Å². The van der Waals surface area contributed by atoms with Gasteiger partial charge in [0.2, 0.25) is 0 Å². The minimum Gasteiger partial charge on any atom is -0.288 e. The lowest BCUT2D eigenvalue weighted by Gasteiger charge is -2.08. The van der Waals surface area contributed by atoms with E-state index < -0.39 is 0 Å². The summed E-state index contributed by atoms with van der Waals surface area (Å²) in [7, 11) is 0. The van der Waals surface area contributed by atoms with Crippen molar-refractivity contribution in [3.63, 3.8) is 0 Å². The van der Waals surface area contributed by atoms with E-state index in [1.807, 2.05) is 0 Å². The summed E-state index contributed by atoms with van der Waals surface area (Å²) in [4.78, 5) is 10.7. The molecule has 0 bridgehead atoms. The number of hydrogen-bond donors (Lipinski definition) is 0. The Hall–Kier alpha value is -0.240. The molecule has 0 aliphatic heterocycles. The first-order valence-electron chi connectivity index (χ1n) is 5.29. The molecule has 0 rings (SSSR count). The van der Waals surface area contributed by atoms with Gasteiger partial charge in [-0.3, -0.25) is 4.79 Å². The van der Waals surface area contributed by atoms with Crippen molar-refractivity contribution in [1.82, 2.24) is 0 Å². The molecule has 2 heteroatoms. The van der Waals surface area contributed by atoms with Crippen LogP contribution < -0.4 is 0 Å². The standard InChI is InChI=1S/C12H22OS/c1-10(2)6-5-7-11(3)8-9-14-12(4)13/h6,11H,5,7-9H2,1-4H3/t11-/m0/s1. The first kappa shape index (κ1) is 13.8. The van der Waals surface area contributed by atoms with Crippen molar-refractivity contribution in [2.75, 3.05) is 5.75 Å². The van der Waals surface area contributed by atoms with Gasteiger partial charge in [-0.05, 0) is 39.0 Å². The smallest absolute Gasteiger partial charge is 0.185 e. The van der Waals surface area contributed by atoms with Gasteiger partial charge in [0.1, 0.15) is 0 Å². The summed E-state index contributed by atoms with van der Waals surface area (Å²) in [6, 6.07) is 0. The predicted octanol–water partition coefficient (Wildman–Crippen LogP) is 4.04. The zero-order chi connectivity index (χ0) is 11.0. The topological polar surface area (TPSA) is 17.1 Å². The Kier molecular flexibility index (Phi) is 7.96. The molecule has 0 saturated carbocycles. The molecule has 0 saturated heterocycles. The summed E-state index contributed by atoms with van der Waals surface area (Å²) in [5.74, 6) is 1.71. The van der Waals surface area contributed by atoms with Crippen LogP contribution >= 0.6 is 11.8 Å². The van der Waals surface area contributed by atoms with Crippen LogP contribution in [0.4, 0.5) is 0 Å². The van der Waals surface area contributed by atoms with Crippen LogP contribution in [0.25, 0.3) is 0 Å². The molecular formula is C12H22OS. The lowest BCUT2D eigenvalue weighted by Crippen LogP contribution is -1.97. The fraction of sp³-hybridized carbons (Fsp3) is 0.750. The molecule has 0 radical (unpaired) electrons. The van der Waals surface area contributed by atoms with Gasteiger partial charge in [0, 0.05) is 12.7 Å². The molecule has 1 atom stereocenters. The highest BCUT2D eigenvalue weighted by Gasteiger charge is 2.02. The zero-order valence-corrected chi connectivity index (χ0v) is 10.6. The van der Waals surface area contributed by atoms with Crippen LogP contribution in [0.1, 0.15) is 47.0 Å². The van der Waals surface area contributed by atoms with Crippen LogP contribution in [-0.2, 0) is 4.79 Å². The third-order valence-corrected chi connectivity index (χ3v) is 2.97. The van der Waals surface area contributed by atoms with Gasteiger partial charge in [-0.2, -0.15) is 0 Å². The Balaban J connectivity index is 3.41. The van der Waals surface area contributed by atoms with Gasteiger partial charge in [0.15, 0.2) is 5.12 Å². The van der Waals surface area contributed by atoms with Crippen LogP contribution in [0.15, 0.2) is 11.6 Å². The fourth-order valence-corrected chi connectivity index (χ4v) is 2.01. The van der Waals surface area contributed by atoms with Crippen LogP contribution in [0, 0.1) is 5.92 Å². The molecular weight excluding hydrogens is 192 g/mol. The minimum atomic E-state index is 0.237. The average molecular weight is 214 g/mol. The third kappa shape index (κ3) is 9.85. The number of carbonyl (C=O) groups is 1. The number of carbonyl (C=O) groups excluding carboxylic acids is 1. The maximum atomic E-state index is 10.7. The van der Waals surface area contributed by atoms with Crippen LogP contribution in [0.5, 0.6) is 0 Å². The van der Waals surface area contributed by atoms with E-state index in [9.17, 15) is 4.79 Å². The molecule has 0 aliphatic rings. The monoisotopic (exact) mass is 214 g/mol. The minimum absolute atomic E-state index is 0.237. The quantitative estimate of drug-likeness (QED) is 0.621. The first-order chi connectivity index (χ1) is 6.52. The van der Waals surface area contributed by atoms with E-state index in [2.05, 4.69) is 26.8 Å². The molecule has 14 heavy (non-hydrogen) atoms. The van der Waals surface area contributed by atoms with Crippen molar-refractivity contribution in [1.29, 1.82) is 0 Å². The van der Waals surface area contributed by atoms with Crippen molar-refractivity contribution < 1.29 is 4.79 Å². The van der Waals surface area contributed by atoms with Crippen LogP contribution in [0.2, 0.25) is 0 Å². The van der Waals surface area contributed by atoms with Crippen molar-refractivity contribution in [2.24, 2.45) is 5.92 Å². The van der Waals surface area contributed by atoms with Gasteiger partial charge < -0.3 is 0 Å². The van der Waals surface area contributed by atoms with E-state index >= 15 is 0 Å². The van der Waals surface area contributed by atoms with Crippen molar-refractivity contribution in [2.45, 2.75) is 47.0 Å². The van der Waals surface area contributed by atoms with Gasteiger partial charge in [0.25, 0.3) is 0 Å². The van der Waals surface area contributed by atoms with E-state index in [0.717, 1.165) is 18.1 Å². The van der Waals surface area contributed by atoms with E-state index in [-0.39, 0.29) is 5.12 Å². The molecule has 1 nitrogen and oxygen atoms in total. The lowest BCUT2D eigenvalue weighted by atomic mass is 10.0. The van der Waals surface area contributed by atoms with Gasteiger partial charge >= 0.3 is 0 Å². The maximum absolute atomic E-state index is 10.7. The molecule has 82 valence electrons. The second-order valence-corrected chi connectivity index (χ2v) is 5.36. The zero-order valence-electron chi connectivity index (χ0n) is 9.80. The van der Waals surface area contributed by atoms with E-state index in [0.29, 0.717) is 0 Å². The SMILES string of the molecule is CC(=O)SCC[C@@H](C)CCC=C(C)C.